The third-order valence-electron chi connectivity index (χ3n) is 3.27. The molecule has 2 N–H and O–H groups in total. The lowest BCUT2D eigenvalue weighted by Crippen LogP contribution is -2.38. The Morgan fingerprint density at radius 3 is 2.60 bits per heavy atom. The number of amides is 1. The highest BCUT2D eigenvalue weighted by Crippen LogP contribution is 2.20. The molecule has 1 aliphatic heterocycles. The van der Waals surface area contributed by atoms with Gasteiger partial charge in [-0.1, -0.05) is 0 Å². The molecule has 0 radical (unpaired) electrons. The molecule has 20 heavy (non-hydrogen) atoms. The normalized spacial score (nSPS) is 14.9. The van der Waals surface area contributed by atoms with Crippen molar-refractivity contribution in [3.63, 3.8) is 0 Å². The van der Waals surface area contributed by atoms with E-state index in [2.05, 4.69) is 15.9 Å². The first kappa shape index (κ1) is 14.8. The van der Waals surface area contributed by atoms with Gasteiger partial charge in [0.25, 0.3) is 5.91 Å². The van der Waals surface area contributed by atoms with E-state index < -0.39 is 5.97 Å². The van der Waals surface area contributed by atoms with Gasteiger partial charge in [0, 0.05) is 23.2 Å². The summed E-state index contributed by atoms with van der Waals surface area (Å²) in [6, 6.07) is 4.81. The molecule has 0 aromatic heterocycles. The van der Waals surface area contributed by atoms with Crippen LogP contribution in [-0.4, -0.2) is 36.5 Å². The molecule has 0 aliphatic carbocycles. The molecule has 0 bridgehead atoms. The van der Waals surface area contributed by atoms with Crippen LogP contribution in [0, 0.1) is 0 Å². The molecule has 0 spiro atoms. The van der Waals surface area contributed by atoms with Crippen LogP contribution < -0.4 is 5.73 Å². The standard InChI is InChI=1S/C14H17BrN2O3/c15-11-5-4-10(8-12(11)16)14(19)20-9-13(18)17-6-2-1-3-7-17/h4-5,8H,1-3,6-7,9,16H2. The first-order chi connectivity index (χ1) is 9.58. The Hall–Kier alpha value is -1.56. The van der Waals surface area contributed by atoms with Crippen molar-refractivity contribution in [1.82, 2.24) is 4.90 Å². The van der Waals surface area contributed by atoms with Gasteiger partial charge in [-0.05, 0) is 53.4 Å². The van der Waals surface area contributed by atoms with E-state index in [-0.39, 0.29) is 12.5 Å². The Kier molecular flexibility index (Phi) is 5.00. The molecule has 1 aromatic rings. The van der Waals surface area contributed by atoms with Gasteiger partial charge >= 0.3 is 5.97 Å². The fourth-order valence-corrected chi connectivity index (χ4v) is 2.36. The number of benzene rings is 1. The number of rotatable bonds is 3. The van der Waals surface area contributed by atoms with Gasteiger partial charge in [-0.25, -0.2) is 4.79 Å². The molecule has 1 saturated heterocycles. The van der Waals surface area contributed by atoms with E-state index in [1.165, 1.54) is 6.07 Å². The van der Waals surface area contributed by atoms with Crippen LogP contribution in [0.1, 0.15) is 29.6 Å². The van der Waals surface area contributed by atoms with E-state index in [1.54, 1.807) is 17.0 Å². The Labute approximate surface area is 126 Å². The summed E-state index contributed by atoms with van der Waals surface area (Å²) in [6.07, 6.45) is 3.19. The largest absolute Gasteiger partial charge is 0.452 e. The molecule has 6 heteroatoms. The molecular weight excluding hydrogens is 324 g/mol. The van der Waals surface area contributed by atoms with Crippen molar-refractivity contribution < 1.29 is 14.3 Å². The molecule has 1 amide bonds. The van der Waals surface area contributed by atoms with Crippen LogP contribution in [0.5, 0.6) is 0 Å². The van der Waals surface area contributed by atoms with Crippen LogP contribution in [0.4, 0.5) is 5.69 Å². The second-order valence-corrected chi connectivity index (χ2v) is 5.61. The molecule has 5 nitrogen and oxygen atoms in total. The number of nitrogens with two attached hydrogens (primary N) is 1. The highest BCUT2D eigenvalue weighted by molar-refractivity contribution is 9.10. The third-order valence-corrected chi connectivity index (χ3v) is 3.99. The number of carbonyl (C=O) groups is 2. The summed E-state index contributed by atoms with van der Waals surface area (Å²) < 4.78 is 5.76. The number of esters is 1. The van der Waals surface area contributed by atoms with E-state index in [0.717, 1.165) is 36.8 Å². The summed E-state index contributed by atoms with van der Waals surface area (Å²) >= 11 is 3.25. The number of nitrogen functional groups attached to an aromatic ring is 1. The molecule has 0 unspecified atom stereocenters. The number of nitrogens with zero attached hydrogens (tertiary/aromatic N) is 1. The number of hydrogen-bond donors (Lipinski definition) is 1. The molecule has 1 heterocycles. The second-order valence-electron chi connectivity index (χ2n) is 4.75. The molecule has 2 rings (SSSR count). The maximum absolute atomic E-state index is 11.9. The zero-order chi connectivity index (χ0) is 14.5. The van der Waals surface area contributed by atoms with E-state index in [9.17, 15) is 9.59 Å². The first-order valence-corrected chi connectivity index (χ1v) is 7.37. The molecule has 1 aliphatic rings. The maximum atomic E-state index is 11.9. The van der Waals surface area contributed by atoms with Gasteiger partial charge in [-0.2, -0.15) is 0 Å². The number of ether oxygens (including phenoxy) is 1. The molecular formula is C14H17BrN2O3. The van der Waals surface area contributed by atoms with E-state index >= 15 is 0 Å². The number of likely N-dealkylation sites (tertiary alicyclic amines) is 1. The predicted molar refractivity (Wildman–Crippen MR) is 79.3 cm³/mol. The number of piperidine rings is 1. The number of anilines is 1. The van der Waals surface area contributed by atoms with E-state index in [0.29, 0.717) is 11.3 Å². The summed E-state index contributed by atoms with van der Waals surface area (Å²) in [6.45, 7) is 1.29. The lowest BCUT2D eigenvalue weighted by Gasteiger charge is -2.26. The lowest BCUT2D eigenvalue weighted by molar-refractivity contribution is -0.135. The SMILES string of the molecule is Nc1cc(C(=O)OCC(=O)N2CCCCC2)ccc1Br. The average molecular weight is 341 g/mol. The second kappa shape index (κ2) is 6.74. The van der Waals surface area contributed by atoms with Crippen molar-refractivity contribution in [2.24, 2.45) is 0 Å². The molecule has 1 fully saturated rings. The Morgan fingerprint density at radius 1 is 1.25 bits per heavy atom. The zero-order valence-electron chi connectivity index (χ0n) is 11.1. The number of hydrogen-bond acceptors (Lipinski definition) is 4. The van der Waals surface area contributed by atoms with Gasteiger partial charge in [0.2, 0.25) is 0 Å². The van der Waals surface area contributed by atoms with Gasteiger partial charge in [0.1, 0.15) is 0 Å². The van der Waals surface area contributed by atoms with Crippen molar-refractivity contribution in [3.8, 4) is 0 Å². The Balaban J connectivity index is 1.88. The van der Waals surface area contributed by atoms with E-state index in [4.69, 9.17) is 10.5 Å². The van der Waals surface area contributed by atoms with Crippen LogP contribution in [-0.2, 0) is 9.53 Å². The molecule has 1 aromatic carbocycles. The fraction of sp³-hybridized carbons (Fsp3) is 0.429. The van der Waals surface area contributed by atoms with Crippen LogP contribution in [0.3, 0.4) is 0 Å². The van der Waals surface area contributed by atoms with Crippen LogP contribution in [0.15, 0.2) is 22.7 Å². The summed E-state index contributed by atoms with van der Waals surface area (Å²) in [5.74, 6) is -0.669. The fourth-order valence-electron chi connectivity index (χ4n) is 2.12. The zero-order valence-corrected chi connectivity index (χ0v) is 12.7. The topological polar surface area (TPSA) is 72.6 Å². The van der Waals surface area contributed by atoms with Crippen molar-refractivity contribution in [3.05, 3.63) is 28.2 Å². The first-order valence-electron chi connectivity index (χ1n) is 6.58. The highest BCUT2D eigenvalue weighted by atomic mass is 79.9. The molecule has 0 atom stereocenters. The molecule has 0 saturated carbocycles. The van der Waals surface area contributed by atoms with Crippen LogP contribution in [0.25, 0.3) is 0 Å². The number of carbonyl (C=O) groups excluding carboxylic acids is 2. The predicted octanol–water partition coefficient (Wildman–Crippen LogP) is 2.20. The van der Waals surface area contributed by atoms with Gasteiger partial charge in [0.15, 0.2) is 6.61 Å². The van der Waals surface area contributed by atoms with E-state index in [1.807, 2.05) is 0 Å². The smallest absolute Gasteiger partial charge is 0.338 e. The van der Waals surface area contributed by atoms with Crippen LogP contribution >= 0.6 is 15.9 Å². The highest BCUT2D eigenvalue weighted by Gasteiger charge is 2.18. The minimum atomic E-state index is -0.533. The van der Waals surface area contributed by atoms with Gasteiger partial charge < -0.3 is 15.4 Å². The van der Waals surface area contributed by atoms with Crippen molar-refractivity contribution in [2.45, 2.75) is 19.3 Å². The maximum Gasteiger partial charge on any atom is 0.338 e. The quantitative estimate of drug-likeness (QED) is 0.676. The van der Waals surface area contributed by atoms with Crippen molar-refractivity contribution in [2.75, 3.05) is 25.4 Å². The number of halogens is 1. The lowest BCUT2D eigenvalue weighted by atomic mass is 10.1. The van der Waals surface area contributed by atoms with Gasteiger partial charge in [-0.15, -0.1) is 0 Å². The minimum absolute atomic E-state index is 0.136. The minimum Gasteiger partial charge on any atom is -0.452 e. The summed E-state index contributed by atoms with van der Waals surface area (Å²) in [7, 11) is 0. The monoisotopic (exact) mass is 340 g/mol. The van der Waals surface area contributed by atoms with Gasteiger partial charge in [-0.3, -0.25) is 4.79 Å². The summed E-state index contributed by atoms with van der Waals surface area (Å²) in [5, 5.41) is 0. The van der Waals surface area contributed by atoms with Crippen molar-refractivity contribution in [1.29, 1.82) is 0 Å². The summed E-state index contributed by atoms with van der Waals surface area (Å²) in [4.78, 5) is 25.4. The van der Waals surface area contributed by atoms with Crippen molar-refractivity contribution >= 4 is 33.5 Å². The summed E-state index contributed by atoms with van der Waals surface area (Å²) in [5.41, 5.74) is 6.51. The van der Waals surface area contributed by atoms with Gasteiger partial charge in [0.05, 0.1) is 5.56 Å². The average Bonchev–Trinajstić information content (AvgIpc) is 2.48. The third kappa shape index (κ3) is 3.72. The van der Waals surface area contributed by atoms with Crippen LogP contribution in [0.2, 0.25) is 0 Å². The Morgan fingerprint density at radius 2 is 1.95 bits per heavy atom. The Bertz CT molecular complexity index is 513. The molecule has 108 valence electrons.